The number of hydrogen-bond donors (Lipinski definition) is 1. The third kappa shape index (κ3) is 1.37. The Bertz CT molecular complexity index is 580. The van der Waals surface area contributed by atoms with E-state index in [1.807, 2.05) is 0 Å². The minimum Gasteiger partial charge on any atom is -0.289 e. The van der Waals surface area contributed by atoms with Crippen LogP contribution in [-0.2, 0) is 0 Å². The fourth-order valence-electron chi connectivity index (χ4n) is 2.51. The van der Waals surface area contributed by atoms with E-state index in [-0.39, 0.29) is 16.6 Å². The Balaban J connectivity index is 2.30. The van der Waals surface area contributed by atoms with Gasteiger partial charge in [0.1, 0.15) is 10.7 Å². The van der Waals surface area contributed by atoms with E-state index in [9.17, 15) is 4.79 Å². The van der Waals surface area contributed by atoms with E-state index in [0.29, 0.717) is 0 Å². The highest BCUT2D eigenvalue weighted by molar-refractivity contribution is 6.31. The van der Waals surface area contributed by atoms with Crippen LogP contribution in [0.1, 0.15) is 31.7 Å². The van der Waals surface area contributed by atoms with Crippen LogP contribution in [0.2, 0.25) is 5.02 Å². The maximum atomic E-state index is 12.1. The van der Waals surface area contributed by atoms with Gasteiger partial charge in [-0.1, -0.05) is 24.4 Å². The predicted octanol–water partition coefficient (Wildman–Crippen LogP) is 2.49. The van der Waals surface area contributed by atoms with Crippen LogP contribution >= 0.6 is 11.6 Å². The van der Waals surface area contributed by atoms with Crippen molar-refractivity contribution < 1.29 is 0 Å². The molecule has 1 saturated carbocycles. The molecule has 1 fully saturated rings. The van der Waals surface area contributed by atoms with Gasteiger partial charge >= 0.3 is 0 Å². The third-order valence-corrected chi connectivity index (χ3v) is 3.55. The third-order valence-electron chi connectivity index (χ3n) is 3.28. The average Bonchev–Trinajstić information content (AvgIpc) is 2.89. The van der Waals surface area contributed by atoms with Gasteiger partial charge in [-0.15, -0.1) is 0 Å². The molecule has 1 aliphatic rings. The van der Waals surface area contributed by atoms with Gasteiger partial charge in [-0.25, -0.2) is 0 Å². The van der Waals surface area contributed by atoms with Gasteiger partial charge in [0.05, 0.1) is 6.20 Å². The zero-order chi connectivity index (χ0) is 11.1. The van der Waals surface area contributed by atoms with Gasteiger partial charge in [0.15, 0.2) is 0 Å². The molecule has 0 aliphatic heterocycles. The molecule has 0 bridgehead atoms. The molecule has 84 valence electrons. The summed E-state index contributed by atoms with van der Waals surface area (Å²) in [6.07, 6.45) is 6.16. The number of H-pyrrole nitrogens is 1. The van der Waals surface area contributed by atoms with Crippen LogP contribution in [0.5, 0.6) is 0 Å². The van der Waals surface area contributed by atoms with E-state index in [4.69, 9.17) is 11.6 Å². The lowest BCUT2D eigenvalue weighted by Crippen LogP contribution is -2.24. The van der Waals surface area contributed by atoms with Crippen LogP contribution < -0.4 is 5.56 Å². The van der Waals surface area contributed by atoms with Crippen LogP contribution in [0.3, 0.4) is 0 Å². The normalized spacial score (nSPS) is 17.3. The number of aromatic nitrogens is 3. The number of nitrogens with one attached hydrogen (secondary N) is 1. The Morgan fingerprint density at radius 2 is 2.19 bits per heavy atom. The molecule has 0 unspecified atom stereocenters. The first kappa shape index (κ1) is 9.90. The average molecular weight is 238 g/mol. The first-order valence-electron chi connectivity index (χ1n) is 5.51. The molecule has 1 N–H and O–H groups in total. The Hall–Kier alpha value is -1.29. The van der Waals surface area contributed by atoms with Gasteiger partial charge in [-0.05, 0) is 18.9 Å². The van der Waals surface area contributed by atoms with Crippen LogP contribution in [0.15, 0.2) is 17.1 Å². The van der Waals surface area contributed by atoms with E-state index >= 15 is 0 Å². The molecular weight excluding hydrogens is 226 g/mol. The van der Waals surface area contributed by atoms with E-state index in [0.717, 1.165) is 23.9 Å². The van der Waals surface area contributed by atoms with Crippen molar-refractivity contribution in [3.05, 3.63) is 27.6 Å². The fraction of sp³-hybridized carbons (Fsp3) is 0.455. The Kier molecular flexibility index (Phi) is 2.24. The molecule has 0 aromatic carbocycles. The summed E-state index contributed by atoms with van der Waals surface area (Å²) in [5.41, 5.74) is 0.687. The van der Waals surface area contributed by atoms with Gasteiger partial charge in [-0.2, -0.15) is 5.10 Å². The van der Waals surface area contributed by atoms with Crippen molar-refractivity contribution >= 4 is 22.6 Å². The highest BCUT2D eigenvalue weighted by atomic mass is 35.5. The summed E-state index contributed by atoms with van der Waals surface area (Å²) in [6, 6.07) is 1.95. The van der Waals surface area contributed by atoms with Gasteiger partial charge in [0, 0.05) is 11.4 Å². The largest absolute Gasteiger partial charge is 0.289 e. The van der Waals surface area contributed by atoms with Crippen molar-refractivity contribution in [1.82, 2.24) is 14.8 Å². The molecule has 0 saturated heterocycles. The quantitative estimate of drug-likeness (QED) is 0.829. The van der Waals surface area contributed by atoms with E-state index in [1.54, 1.807) is 16.8 Å². The lowest BCUT2D eigenvalue weighted by molar-refractivity contribution is 0.515. The predicted molar refractivity (Wildman–Crippen MR) is 62.9 cm³/mol. The molecule has 0 atom stereocenters. The Morgan fingerprint density at radius 1 is 1.44 bits per heavy atom. The minimum absolute atomic E-state index is 0.106. The molecular formula is C11H12ClN3O. The Labute approximate surface area is 97.2 Å². The van der Waals surface area contributed by atoms with Crippen LogP contribution in [0, 0.1) is 0 Å². The molecule has 2 aromatic rings. The van der Waals surface area contributed by atoms with Crippen molar-refractivity contribution in [2.45, 2.75) is 31.7 Å². The van der Waals surface area contributed by atoms with E-state index in [2.05, 4.69) is 10.2 Å². The fourth-order valence-corrected chi connectivity index (χ4v) is 2.72. The molecule has 16 heavy (non-hydrogen) atoms. The van der Waals surface area contributed by atoms with Gasteiger partial charge < -0.3 is 0 Å². The van der Waals surface area contributed by atoms with Crippen molar-refractivity contribution in [3.63, 3.8) is 0 Å². The standard InChI is InChI=1S/C11H12ClN3O/c12-9-5-7-6-13-14-10(7)15(11(9)16)8-3-1-2-4-8/h5-6,8H,1-4H2,(H,13,14). The molecule has 1 aliphatic carbocycles. The number of rotatable bonds is 1. The summed E-state index contributed by atoms with van der Waals surface area (Å²) in [7, 11) is 0. The van der Waals surface area contributed by atoms with Gasteiger partial charge in [0.25, 0.3) is 5.56 Å². The molecule has 0 amide bonds. The number of fused-ring (bicyclic) bond motifs is 1. The zero-order valence-corrected chi connectivity index (χ0v) is 9.50. The summed E-state index contributed by atoms with van der Waals surface area (Å²) < 4.78 is 1.78. The Morgan fingerprint density at radius 3 is 2.94 bits per heavy atom. The maximum absolute atomic E-state index is 12.1. The van der Waals surface area contributed by atoms with Crippen molar-refractivity contribution in [2.75, 3.05) is 0 Å². The number of pyridine rings is 1. The summed E-state index contributed by atoms with van der Waals surface area (Å²) in [5.74, 6) is 0. The maximum Gasteiger partial charge on any atom is 0.271 e. The summed E-state index contributed by atoms with van der Waals surface area (Å²) >= 11 is 5.95. The zero-order valence-electron chi connectivity index (χ0n) is 8.74. The lowest BCUT2D eigenvalue weighted by Gasteiger charge is -2.14. The number of halogens is 1. The topological polar surface area (TPSA) is 50.7 Å². The molecule has 4 nitrogen and oxygen atoms in total. The second-order valence-corrected chi connectivity index (χ2v) is 4.69. The minimum atomic E-state index is -0.106. The molecule has 3 rings (SSSR count). The molecule has 2 aromatic heterocycles. The first-order chi connectivity index (χ1) is 7.77. The van der Waals surface area contributed by atoms with Crippen LogP contribution in [-0.4, -0.2) is 14.8 Å². The van der Waals surface area contributed by atoms with Crippen molar-refractivity contribution in [1.29, 1.82) is 0 Å². The lowest BCUT2D eigenvalue weighted by atomic mass is 10.2. The van der Waals surface area contributed by atoms with Gasteiger partial charge in [0.2, 0.25) is 0 Å². The van der Waals surface area contributed by atoms with Crippen LogP contribution in [0.25, 0.3) is 11.0 Å². The van der Waals surface area contributed by atoms with Crippen LogP contribution in [0.4, 0.5) is 0 Å². The summed E-state index contributed by atoms with van der Waals surface area (Å²) in [5, 5.41) is 8.04. The van der Waals surface area contributed by atoms with Crippen molar-refractivity contribution in [3.8, 4) is 0 Å². The SMILES string of the molecule is O=c1c(Cl)cc2cn[nH]c2n1C1CCCC1. The highest BCUT2D eigenvalue weighted by Crippen LogP contribution is 2.30. The van der Waals surface area contributed by atoms with E-state index in [1.165, 1.54) is 12.8 Å². The molecule has 2 heterocycles. The summed E-state index contributed by atoms with van der Waals surface area (Å²) in [4.78, 5) is 12.1. The first-order valence-corrected chi connectivity index (χ1v) is 5.89. The molecule has 0 spiro atoms. The van der Waals surface area contributed by atoms with Gasteiger partial charge in [-0.3, -0.25) is 14.5 Å². The van der Waals surface area contributed by atoms with Crippen molar-refractivity contribution in [2.24, 2.45) is 0 Å². The smallest absolute Gasteiger partial charge is 0.271 e. The molecule has 0 radical (unpaired) electrons. The second kappa shape index (κ2) is 3.63. The number of nitrogens with zero attached hydrogens (tertiary/aromatic N) is 2. The number of aromatic amines is 1. The second-order valence-electron chi connectivity index (χ2n) is 4.28. The highest BCUT2D eigenvalue weighted by Gasteiger charge is 2.21. The molecule has 5 heteroatoms. The number of hydrogen-bond acceptors (Lipinski definition) is 2. The van der Waals surface area contributed by atoms with E-state index < -0.39 is 0 Å². The summed E-state index contributed by atoms with van der Waals surface area (Å²) in [6.45, 7) is 0. The monoisotopic (exact) mass is 237 g/mol.